The first-order valence-electron chi connectivity index (χ1n) is 10.7. The minimum absolute atomic E-state index is 0.0588. The fourth-order valence-electron chi connectivity index (χ4n) is 3.71. The summed E-state index contributed by atoms with van der Waals surface area (Å²) in [4.78, 5) is 0.939. The number of rotatable bonds is 10. The molecule has 176 valence electrons. The first-order chi connectivity index (χ1) is 15.9. The minimum atomic E-state index is -4.08. The Morgan fingerprint density at radius 2 is 1.97 bits per heavy atom. The smallest absolute Gasteiger partial charge is 0.243 e. The van der Waals surface area contributed by atoms with Crippen LogP contribution in [0.4, 0.5) is 8.78 Å². The second kappa shape index (κ2) is 10.7. The fraction of sp³-hybridized carbons (Fsp3) is 0.333. The molecule has 3 aromatic rings. The molecule has 4 rings (SSSR count). The minimum Gasteiger partial charge on any atom is -0.493 e. The molecule has 1 aliphatic rings. The quantitative estimate of drug-likeness (QED) is 0.398. The molecular formula is C24H25F2NO4S2. The van der Waals surface area contributed by atoms with Gasteiger partial charge in [0.15, 0.2) is 11.6 Å². The van der Waals surface area contributed by atoms with Crippen molar-refractivity contribution < 1.29 is 26.7 Å². The van der Waals surface area contributed by atoms with E-state index in [1.807, 2.05) is 29.6 Å². The van der Waals surface area contributed by atoms with Crippen LogP contribution in [-0.2, 0) is 27.7 Å². The third-order valence-corrected chi connectivity index (χ3v) is 8.16. The average Bonchev–Trinajstić information content (AvgIpc) is 3.50. The Balaban J connectivity index is 1.51. The van der Waals surface area contributed by atoms with E-state index in [9.17, 15) is 17.2 Å². The van der Waals surface area contributed by atoms with E-state index < -0.39 is 21.7 Å². The molecule has 1 aliphatic heterocycles. The van der Waals surface area contributed by atoms with Crippen molar-refractivity contribution in [3.05, 3.63) is 82.1 Å². The highest BCUT2D eigenvalue weighted by Gasteiger charge is 2.30. The van der Waals surface area contributed by atoms with Gasteiger partial charge in [0.25, 0.3) is 0 Å². The molecule has 2 aromatic carbocycles. The van der Waals surface area contributed by atoms with E-state index in [0.29, 0.717) is 19.0 Å². The number of hydrogen-bond acceptors (Lipinski definition) is 5. The van der Waals surface area contributed by atoms with Crippen LogP contribution in [0.25, 0.3) is 0 Å². The fourth-order valence-corrected chi connectivity index (χ4v) is 5.87. The largest absolute Gasteiger partial charge is 0.493 e. The predicted octanol–water partition coefficient (Wildman–Crippen LogP) is 5.02. The van der Waals surface area contributed by atoms with Crippen molar-refractivity contribution in [2.24, 2.45) is 0 Å². The lowest BCUT2D eigenvalue weighted by atomic mass is 10.2. The lowest BCUT2D eigenvalue weighted by Gasteiger charge is -2.25. The second-order valence-corrected chi connectivity index (χ2v) is 10.8. The van der Waals surface area contributed by atoms with E-state index in [2.05, 4.69) is 6.07 Å². The molecule has 0 saturated carbocycles. The van der Waals surface area contributed by atoms with Gasteiger partial charge >= 0.3 is 0 Å². The van der Waals surface area contributed by atoms with Crippen LogP contribution in [0, 0.1) is 11.6 Å². The molecule has 5 nitrogen and oxygen atoms in total. The Morgan fingerprint density at radius 1 is 1.09 bits per heavy atom. The molecule has 0 amide bonds. The van der Waals surface area contributed by atoms with E-state index in [4.69, 9.17) is 9.47 Å². The van der Waals surface area contributed by atoms with Crippen molar-refractivity contribution in [3.63, 3.8) is 0 Å². The number of thiophene rings is 1. The summed E-state index contributed by atoms with van der Waals surface area (Å²) in [5, 5.41) is 2.02. The summed E-state index contributed by atoms with van der Waals surface area (Å²) in [7, 11) is -4.08. The third-order valence-electron chi connectivity index (χ3n) is 5.41. The number of hydrogen-bond donors (Lipinski definition) is 0. The highest BCUT2D eigenvalue weighted by atomic mass is 32.2. The molecule has 0 N–H and O–H groups in total. The summed E-state index contributed by atoms with van der Waals surface area (Å²) in [6, 6.07) is 13.9. The topological polar surface area (TPSA) is 55.8 Å². The zero-order valence-electron chi connectivity index (χ0n) is 18.0. The average molecular weight is 494 g/mol. The molecule has 1 saturated heterocycles. The summed E-state index contributed by atoms with van der Waals surface area (Å²) in [5.41, 5.74) is 0.729. The maximum atomic E-state index is 13.8. The van der Waals surface area contributed by atoms with E-state index in [0.717, 1.165) is 43.0 Å². The highest BCUT2D eigenvalue weighted by Crippen LogP contribution is 2.25. The molecule has 0 radical (unpaired) electrons. The standard InChI is InChI=1S/C24H25F2NO4S2/c25-23-9-8-22(15-24(23)26)33(28,29)27(17-20-6-2-11-30-20)16-18-4-1-5-19(14-18)31-12-10-21-7-3-13-32-21/h1,3-5,7-9,13-15,20H,2,6,10-12,16-17H2/t20-/m0/s1. The summed E-state index contributed by atoms with van der Waals surface area (Å²) in [6.07, 6.45) is 2.15. The molecule has 0 aliphatic carbocycles. The lowest BCUT2D eigenvalue weighted by Crippen LogP contribution is -2.37. The van der Waals surface area contributed by atoms with E-state index in [-0.39, 0.29) is 24.1 Å². The summed E-state index contributed by atoms with van der Waals surface area (Å²) in [6.45, 7) is 1.28. The van der Waals surface area contributed by atoms with Crippen molar-refractivity contribution in [2.75, 3.05) is 19.8 Å². The van der Waals surface area contributed by atoms with Gasteiger partial charge in [-0.05, 0) is 60.2 Å². The van der Waals surface area contributed by atoms with Gasteiger partial charge in [-0.15, -0.1) is 11.3 Å². The van der Waals surface area contributed by atoms with Crippen LogP contribution in [0.5, 0.6) is 5.75 Å². The van der Waals surface area contributed by atoms with Gasteiger partial charge in [0.05, 0.1) is 17.6 Å². The zero-order valence-corrected chi connectivity index (χ0v) is 19.6. The molecule has 0 spiro atoms. The Labute approximate surface area is 196 Å². The lowest BCUT2D eigenvalue weighted by molar-refractivity contribution is 0.0926. The summed E-state index contributed by atoms with van der Waals surface area (Å²) >= 11 is 1.67. The van der Waals surface area contributed by atoms with Gasteiger partial charge in [-0.1, -0.05) is 18.2 Å². The molecule has 9 heteroatoms. The number of benzene rings is 2. The Hall–Kier alpha value is -2.33. The monoisotopic (exact) mass is 493 g/mol. The Kier molecular flexibility index (Phi) is 7.75. The summed E-state index contributed by atoms with van der Waals surface area (Å²) in [5.74, 6) is -1.65. The normalized spacial score (nSPS) is 16.4. The number of sulfonamides is 1. The van der Waals surface area contributed by atoms with Crippen LogP contribution in [0.3, 0.4) is 0 Å². The van der Waals surface area contributed by atoms with E-state index >= 15 is 0 Å². The molecule has 1 fully saturated rings. The number of nitrogens with zero attached hydrogens (tertiary/aromatic N) is 1. The van der Waals surface area contributed by atoms with E-state index in [1.165, 1.54) is 9.18 Å². The van der Waals surface area contributed by atoms with E-state index in [1.54, 1.807) is 17.4 Å². The van der Waals surface area contributed by atoms with Crippen molar-refractivity contribution in [2.45, 2.75) is 36.8 Å². The van der Waals surface area contributed by atoms with Crippen molar-refractivity contribution >= 4 is 21.4 Å². The van der Waals surface area contributed by atoms with Crippen LogP contribution >= 0.6 is 11.3 Å². The predicted molar refractivity (Wildman–Crippen MR) is 123 cm³/mol. The van der Waals surface area contributed by atoms with Gasteiger partial charge in [0.1, 0.15) is 5.75 Å². The maximum Gasteiger partial charge on any atom is 0.243 e. The van der Waals surface area contributed by atoms with Crippen LogP contribution in [0.1, 0.15) is 23.3 Å². The maximum absolute atomic E-state index is 13.8. The van der Waals surface area contributed by atoms with Gasteiger partial charge in [0.2, 0.25) is 10.0 Å². The second-order valence-electron chi connectivity index (χ2n) is 7.83. The van der Waals surface area contributed by atoms with Crippen LogP contribution in [-0.4, -0.2) is 38.6 Å². The van der Waals surface area contributed by atoms with Crippen molar-refractivity contribution in [1.82, 2.24) is 4.31 Å². The third kappa shape index (κ3) is 6.17. The van der Waals surface area contributed by atoms with Crippen LogP contribution in [0.2, 0.25) is 0 Å². The molecule has 0 bridgehead atoms. The molecule has 0 unspecified atom stereocenters. The molecule has 2 heterocycles. The number of halogens is 2. The van der Waals surface area contributed by atoms with Gasteiger partial charge in [0, 0.05) is 31.0 Å². The first-order valence-corrected chi connectivity index (χ1v) is 13.0. The molecule has 33 heavy (non-hydrogen) atoms. The summed E-state index contributed by atoms with van der Waals surface area (Å²) < 4.78 is 66.6. The van der Waals surface area contributed by atoms with Gasteiger partial charge in [-0.3, -0.25) is 0 Å². The van der Waals surface area contributed by atoms with Gasteiger partial charge in [-0.2, -0.15) is 4.31 Å². The molecule has 1 aromatic heterocycles. The number of ether oxygens (including phenoxy) is 2. The van der Waals surface area contributed by atoms with Crippen molar-refractivity contribution in [3.8, 4) is 5.75 Å². The Bertz CT molecular complexity index is 1160. The Morgan fingerprint density at radius 3 is 2.70 bits per heavy atom. The molecular weight excluding hydrogens is 468 g/mol. The zero-order chi connectivity index (χ0) is 23.3. The van der Waals surface area contributed by atoms with Crippen LogP contribution in [0.15, 0.2) is 64.9 Å². The SMILES string of the molecule is O=S(=O)(c1ccc(F)c(F)c1)N(Cc1cccc(OCCc2cccs2)c1)C[C@@H]1CCCO1. The first kappa shape index (κ1) is 23.8. The van der Waals surface area contributed by atoms with Crippen LogP contribution < -0.4 is 4.74 Å². The van der Waals surface area contributed by atoms with Gasteiger partial charge < -0.3 is 9.47 Å². The highest BCUT2D eigenvalue weighted by molar-refractivity contribution is 7.89. The van der Waals surface area contributed by atoms with Gasteiger partial charge in [-0.25, -0.2) is 17.2 Å². The molecule has 1 atom stereocenters. The van der Waals surface area contributed by atoms with Crippen molar-refractivity contribution in [1.29, 1.82) is 0 Å².